The molecule has 1 rings (SSSR count). The summed E-state index contributed by atoms with van der Waals surface area (Å²) in [6, 6.07) is 0. The summed E-state index contributed by atoms with van der Waals surface area (Å²) in [7, 11) is 1.66. The van der Waals surface area contributed by atoms with Crippen molar-refractivity contribution in [3.63, 3.8) is 0 Å². The van der Waals surface area contributed by atoms with E-state index < -0.39 is 0 Å². The maximum Gasteiger partial charge on any atom is 0.100 e. The molecule has 0 aromatic rings. The zero-order valence-electron chi connectivity index (χ0n) is 9.74. The van der Waals surface area contributed by atoms with Gasteiger partial charge in [-0.2, -0.15) is 0 Å². The van der Waals surface area contributed by atoms with Gasteiger partial charge >= 0.3 is 0 Å². The van der Waals surface area contributed by atoms with E-state index in [2.05, 4.69) is 13.8 Å². The van der Waals surface area contributed by atoms with E-state index in [4.69, 9.17) is 25.8 Å². The minimum atomic E-state index is 0.0422. The van der Waals surface area contributed by atoms with Gasteiger partial charge in [-0.25, -0.2) is 0 Å². The van der Waals surface area contributed by atoms with E-state index in [1.807, 2.05) is 0 Å². The Morgan fingerprint density at radius 1 is 1.27 bits per heavy atom. The Kier molecular flexibility index (Phi) is 5.90. The summed E-state index contributed by atoms with van der Waals surface area (Å²) >= 11 is 6.06. The van der Waals surface area contributed by atoms with Crippen molar-refractivity contribution < 1.29 is 14.2 Å². The molecule has 4 heteroatoms. The summed E-state index contributed by atoms with van der Waals surface area (Å²) < 4.78 is 16.2. The van der Waals surface area contributed by atoms with Crippen molar-refractivity contribution >= 4 is 11.6 Å². The predicted molar refractivity (Wildman–Crippen MR) is 60.5 cm³/mol. The Morgan fingerprint density at radius 2 is 2.00 bits per heavy atom. The monoisotopic (exact) mass is 236 g/mol. The lowest BCUT2D eigenvalue weighted by Crippen LogP contribution is -2.51. The van der Waals surface area contributed by atoms with Crippen molar-refractivity contribution in [2.24, 2.45) is 5.92 Å². The van der Waals surface area contributed by atoms with Gasteiger partial charge in [0.15, 0.2) is 0 Å². The molecule has 1 aliphatic rings. The van der Waals surface area contributed by atoms with E-state index in [0.717, 1.165) is 13.0 Å². The molecule has 90 valence electrons. The van der Waals surface area contributed by atoms with Gasteiger partial charge in [0.25, 0.3) is 0 Å². The van der Waals surface area contributed by atoms with E-state index in [1.54, 1.807) is 7.11 Å². The van der Waals surface area contributed by atoms with Crippen LogP contribution in [0.3, 0.4) is 0 Å². The smallest absolute Gasteiger partial charge is 0.100 e. The van der Waals surface area contributed by atoms with Gasteiger partial charge in [-0.05, 0) is 12.3 Å². The second-order valence-electron chi connectivity index (χ2n) is 4.35. The zero-order valence-corrected chi connectivity index (χ0v) is 10.5. The van der Waals surface area contributed by atoms with Gasteiger partial charge in [0.2, 0.25) is 0 Å². The third-order valence-corrected chi connectivity index (χ3v) is 2.85. The van der Waals surface area contributed by atoms with Crippen LogP contribution in [0.25, 0.3) is 0 Å². The lowest BCUT2D eigenvalue weighted by atomic mass is 9.91. The van der Waals surface area contributed by atoms with E-state index in [0.29, 0.717) is 19.1 Å². The van der Waals surface area contributed by atoms with Crippen LogP contribution >= 0.6 is 11.6 Å². The summed E-state index contributed by atoms with van der Waals surface area (Å²) in [4.78, 5) is 0. The fourth-order valence-electron chi connectivity index (χ4n) is 1.49. The molecule has 0 aromatic heterocycles. The average Bonchev–Trinajstić information content (AvgIpc) is 2.18. The molecule has 3 nitrogen and oxygen atoms in total. The summed E-state index contributed by atoms with van der Waals surface area (Å²) in [5.74, 6) is 0.555. The quantitative estimate of drug-likeness (QED) is 0.500. The molecule has 0 N–H and O–H groups in total. The molecule has 3 unspecified atom stereocenters. The summed E-state index contributed by atoms with van der Waals surface area (Å²) in [5, 5.41) is 0.0963. The lowest BCUT2D eigenvalue weighted by molar-refractivity contribution is -0.134. The molecule has 0 amide bonds. The Bertz CT molecular complexity index is 175. The first-order chi connectivity index (χ1) is 7.15. The fraction of sp³-hybridized carbons (Fsp3) is 1.00. The Balaban J connectivity index is 2.16. The van der Waals surface area contributed by atoms with Gasteiger partial charge < -0.3 is 14.2 Å². The van der Waals surface area contributed by atoms with Crippen LogP contribution in [0.5, 0.6) is 0 Å². The zero-order chi connectivity index (χ0) is 11.3. The van der Waals surface area contributed by atoms with Gasteiger partial charge in [0.1, 0.15) is 6.10 Å². The van der Waals surface area contributed by atoms with Crippen LogP contribution in [-0.2, 0) is 14.2 Å². The third kappa shape index (κ3) is 4.27. The molecule has 0 heterocycles. The highest BCUT2D eigenvalue weighted by molar-refractivity contribution is 6.21. The summed E-state index contributed by atoms with van der Waals surface area (Å²) in [6.45, 7) is 6.25. The maximum absolute atomic E-state index is 6.06. The first kappa shape index (κ1) is 13.2. The number of methoxy groups -OCH3 is 1. The first-order valence-electron chi connectivity index (χ1n) is 5.51. The van der Waals surface area contributed by atoms with Gasteiger partial charge in [0, 0.05) is 13.7 Å². The van der Waals surface area contributed by atoms with E-state index in [-0.39, 0.29) is 17.6 Å². The number of ether oxygens (including phenoxy) is 3. The molecule has 0 saturated heterocycles. The van der Waals surface area contributed by atoms with Crippen molar-refractivity contribution in [3.8, 4) is 0 Å². The second-order valence-corrected chi connectivity index (χ2v) is 4.91. The lowest BCUT2D eigenvalue weighted by Gasteiger charge is -2.40. The largest absolute Gasteiger partial charge is 0.382 e. The molecule has 0 radical (unpaired) electrons. The number of hydrogen-bond acceptors (Lipinski definition) is 3. The first-order valence-corrected chi connectivity index (χ1v) is 5.95. The van der Waals surface area contributed by atoms with Gasteiger partial charge in [0.05, 0.1) is 24.7 Å². The van der Waals surface area contributed by atoms with Crippen molar-refractivity contribution in [3.05, 3.63) is 0 Å². The summed E-state index contributed by atoms with van der Waals surface area (Å²) in [6.07, 6.45) is 1.11. The normalized spacial score (nSPS) is 30.6. The van der Waals surface area contributed by atoms with E-state index >= 15 is 0 Å². The third-order valence-electron chi connectivity index (χ3n) is 2.42. The fourth-order valence-corrected chi connectivity index (χ4v) is 1.90. The second kappa shape index (κ2) is 6.69. The topological polar surface area (TPSA) is 27.7 Å². The van der Waals surface area contributed by atoms with Crippen LogP contribution in [0.15, 0.2) is 0 Å². The highest BCUT2D eigenvalue weighted by atomic mass is 35.5. The van der Waals surface area contributed by atoms with Gasteiger partial charge in [-0.3, -0.25) is 0 Å². The molecule has 1 aliphatic carbocycles. The molecule has 15 heavy (non-hydrogen) atoms. The SMILES string of the molecule is COCCOC1C(Cl)CC1OCC(C)C. The summed E-state index contributed by atoms with van der Waals surface area (Å²) in [5.41, 5.74) is 0. The predicted octanol–water partition coefficient (Wildman–Crippen LogP) is 2.07. The molecule has 0 aliphatic heterocycles. The number of halogens is 1. The van der Waals surface area contributed by atoms with Crippen LogP contribution in [0.2, 0.25) is 0 Å². The molecule has 0 spiro atoms. The van der Waals surface area contributed by atoms with E-state index in [9.17, 15) is 0 Å². The Labute approximate surface area is 97.0 Å². The Hall–Kier alpha value is 0.170. The number of alkyl halides is 1. The molecular weight excluding hydrogens is 216 g/mol. The molecule has 1 saturated carbocycles. The maximum atomic E-state index is 6.06. The highest BCUT2D eigenvalue weighted by Gasteiger charge is 2.41. The number of hydrogen-bond donors (Lipinski definition) is 0. The van der Waals surface area contributed by atoms with Crippen molar-refractivity contribution in [1.29, 1.82) is 0 Å². The standard InChI is InChI=1S/C11H21ClO3/c1-8(2)7-15-10-6-9(12)11(10)14-5-4-13-3/h8-11H,4-7H2,1-3H3. The van der Waals surface area contributed by atoms with Crippen LogP contribution in [0, 0.1) is 5.92 Å². The number of rotatable bonds is 7. The average molecular weight is 237 g/mol. The molecule has 1 fully saturated rings. The Morgan fingerprint density at radius 3 is 2.53 bits per heavy atom. The van der Waals surface area contributed by atoms with E-state index in [1.165, 1.54) is 0 Å². The minimum Gasteiger partial charge on any atom is -0.382 e. The van der Waals surface area contributed by atoms with Crippen molar-refractivity contribution in [2.75, 3.05) is 26.9 Å². The highest BCUT2D eigenvalue weighted by Crippen LogP contribution is 2.32. The molecule has 0 bridgehead atoms. The molecule has 3 atom stereocenters. The van der Waals surface area contributed by atoms with Gasteiger partial charge in [-0.1, -0.05) is 13.8 Å². The van der Waals surface area contributed by atoms with Crippen LogP contribution < -0.4 is 0 Å². The molecule has 0 aromatic carbocycles. The minimum absolute atomic E-state index is 0.0422. The van der Waals surface area contributed by atoms with Crippen LogP contribution in [0.4, 0.5) is 0 Å². The van der Waals surface area contributed by atoms with Gasteiger partial charge in [-0.15, -0.1) is 11.6 Å². The van der Waals surface area contributed by atoms with Crippen LogP contribution in [0.1, 0.15) is 20.3 Å². The molecular formula is C11H21ClO3. The van der Waals surface area contributed by atoms with Crippen LogP contribution in [-0.4, -0.2) is 44.5 Å². The van der Waals surface area contributed by atoms with Crippen molar-refractivity contribution in [2.45, 2.75) is 37.9 Å². The van der Waals surface area contributed by atoms with Crippen molar-refractivity contribution in [1.82, 2.24) is 0 Å².